The topological polar surface area (TPSA) is 26.0 Å². The molecule has 0 saturated heterocycles. The van der Waals surface area contributed by atoms with E-state index in [9.17, 15) is 0 Å². The molecule has 2 radical (unpaired) electrons. The number of rotatable bonds is 1. The van der Waals surface area contributed by atoms with Gasteiger partial charge in [-0.25, -0.2) is 0 Å². The van der Waals surface area contributed by atoms with Gasteiger partial charge in [-0.1, -0.05) is 29.8 Å². The third-order valence-corrected chi connectivity index (χ3v) is 1.43. The summed E-state index contributed by atoms with van der Waals surface area (Å²) < 4.78 is 0. The molecule has 1 aromatic rings. The zero-order valence-electron chi connectivity index (χ0n) is 6.04. The standard InChI is InChI=1S/C8H10BN/c1-6-3-2-4-7(5-6)8(9)10/h2-5,8H,10H2,1H3. The predicted molar refractivity (Wildman–Crippen MR) is 43.9 cm³/mol. The first-order valence-corrected chi connectivity index (χ1v) is 3.28. The van der Waals surface area contributed by atoms with Crippen molar-refractivity contribution in [2.45, 2.75) is 12.9 Å². The number of benzene rings is 1. The molecule has 0 fully saturated rings. The van der Waals surface area contributed by atoms with Crippen LogP contribution in [-0.4, -0.2) is 7.85 Å². The Morgan fingerprint density at radius 1 is 1.50 bits per heavy atom. The summed E-state index contributed by atoms with van der Waals surface area (Å²) in [4.78, 5) is 0. The fourth-order valence-electron chi connectivity index (χ4n) is 0.877. The van der Waals surface area contributed by atoms with E-state index in [1.807, 2.05) is 31.2 Å². The molecule has 1 rings (SSSR count). The molecule has 2 N–H and O–H groups in total. The third kappa shape index (κ3) is 1.61. The van der Waals surface area contributed by atoms with Crippen molar-refractivity contribution in [1.82, 2.24) is 0 Å². The number of hydrogen-bond acceptors (Lipinski definition) is 1. The molecule has 1 aromatic carbocycles. The molecule has 0 amide bonds. The van der Waals surface area contributed by atoms with Gasteiger partial charge >= 0.3 is 0 Å². The Balaban J connectivity index is 2.96. The SMILES string of the molecule is [B]C(N)c1cccc(C)c1. The minimum atomic E-state index is -0.347. The summed E-state index contributed by atoms with van der Waals surface area (Å²) in [5.41, 5.74) is 7.64. The maximum absolute atomic E-state index is 5.46. The molecule has 0 aliphatic carbocycles. The summed E-state index contributed by atoms with van der Waals surface area (Å²) in [7, 11) is 5.46. The van der Waals surface area contributed by atoms with Crippen molar-refractivity contribution in [3.8, 4) is 0 Å². The van der Waals surface area contributed by atoms with E-state index in [0.717, 1.165) is 5.56 Å². The molecule has 0 aromatic heterocycles. The van der Waals surface area contributed by atoms with Gasteiger partial charge in [0.15, 0.2) is 0 Å². The second-order valence-electron chi connectivity index (χ2n) is 2.44. The van der Waals surface area contributed by atoms with Gasteiger partial charge in [0.2, 0.25) is 0 Å². The summed E-state index contributed by atoms with van der Waals surface area (Å²) in [5.74, 6) is -0.347. The van der Waals surface area contributed by atoms with Gasteiger partial charge in [0, 0.05) is 0 Å². The van der Waals surface area contributed by atoms with E-state index in [4.69, 9.17) is 13.6 Å². The highest BCUT2D eigenvalue weighted by molar-refractivity contribution is 6.11. The van der Waals surface area contributed by atoms with Crippen LogP contribution in [0.3, 0.4) is 0 Å². The Morgan fingerprint density at radius 2 is 2.20 bits per heavy atom. The normalized spacial score (nSPS) is 13.0. The van der Waals surface area contributed by atoms with Crippen molar-refractivity contribution in [3.05, 3.63) is 35.4 Å². The minimum Gasteiger partial charge on any atom is -0.332 e. The first-order chi connectivity index (χ1) is 4.70. The lowest BCUT2D eigenvalue weighted by atomic mass is 9.89. The van der Waals surface area contributed by atoms with E-state index in [1.54, 1.807) is 0 Å². The highest BCUT2D eigenvalue weighted by Crippen LogP contribution is 2.08. The molecule has 0 aliphatic heterocycles. The lowest BCUT2D eigenvalue weighted by Gasteiger charge is -2.05. The van der Waals surface area contributed by atoms with E-state index < -0.39 is 0 Å². The van der Waals surface area contributed by atoms with Gasteiger partial charge < -0.3 is 5.73 Å². The van der Waals surface area contributed by atoms with Crippen LogP contribution in [0.1, 0.15) is 17.1 Å². The van der Waals surface area contributed by atoms with Crippen molar-refractivity contribution in [1.29, 1.82) is 0 Å². The number of hydrogen-bond donors (Lipinski definition) is 1. The first-order valence-electron chi connectivity index (χ1n) is 3.28. The van der Waals surface area contributed by atoms with Gasteiger partial charge in [-0.3, -0.25) is 0 Å². The van der Waals surface area contributed by atoms with Crippen LogP contribution in [0.25, 0.3) is 0 Å². The van der Waals surface area contributed by atoms with Crippen LogP contribution in [0, 0.1) is 6.92 Å². The zero-order chi connectivity index (χ0) is 7.56. The Kier molecular flexibility index (Phi) is 2.12. The quantitative estimate of drug-likeness (QED) is 0.567. The predicted octanol–water partition coefficient (Wildman–Crippen LogP) is 1.12. The van der Waals surface area contributed by atoms with Crippen LogP contribution in [0.15, 0.2) is 24.3 Å². The molecule has 0 bridgehead atoms. The van der Waals surface area contributed by atoms with Crippen molar-refractivity contribution in [2.24, 2.45) is 5.73 Å². The number of nitrogens with two attached hydrogens (primary N) is 1. The van der Waals surface area contributed by atoms with Crippen LogP contribution >= 0.6 is 0 Å². The lowest BCUT2D eigenvalue weighted by Crippen LogP contribution is -2.09. The van der Waals surface area contributed by atoms with Crippen molar-refractivity contribution >= 4 is 7.85 Å². The van der Waals surface area contributed by atoms with Crippen LogP contribution in [0.4, 0.5) is 0 Å². The maximum Gasteiger partial charge on any atom is 0.0968 e. The monoisotopic (exact) mass is 131 g/mol. The van der Waals surface area contributed by atoms with Gasteiger partial charge in [-0.2, -0.15) is 0 Å². The molecule has 0 saturated carbocycles. The Labute approximate surface area is 62.7 Å². The van der Waals surface area contributed by atoms with E-state index in [0.29, 0.717) is 0 Å². The summed E-state index contributed by atoms with van der Waals surface area (Å²) >= 11 is 0. The molecule has 0 spiro atoms. The first kappa shape index (κ1) is 7.35. The molecule has 1 nitrogen and oxygen atoms in total. The van der Waals surface area contributed by atoms with Gasteiger partial charge in [0.1, 0.15) is 0 Å². The average Bonchev–Trinajstić information content (AvgIpc) is 1.88. The second-order valence-corrected chi connectivity index (χ2v) is 2.44. The van der Waals surface area contributed by atoms with Crippen LogP contribution < -0.4 is 5.73 Å². The third-order valence-electron chi connectivity index (χ3n) is 1.43. The van der Waals surface area contributed by atoms with E-state index in [2.05, 4.69) is 0 Å². The Hall–Kier alpha value is -0.755. The van der Waals surface area contributed by atoms with Gasteiger partial charge in [0.25, 0.3) is 0 Å². The van der Waals surface area contributed by atoms with Crippen LogP contribution in [0.2, 0.25) is 0 Å². The molecule has 1 unspecified atom stereocenters. The molecule has 50 valence electrons. The van der Waals surface area contributed by atoms with E-state index >= 15 is 0 Å². The van der Waals surface area contributed by atoms with E-state index in [-0.39, 0.29) is 5.94 Å². The second kappa shape index (κ2) is 2.89. The molecule has 10 heavy (non-hydrogen) atoms. The summed E-state index contributed by atoms with van der Waals surface area (Å²) in [6.45, 7) is 2.02. The average molecular weight is 131 g/mol. The summed E-state index contributed by atoms with van der Waals surface area (Å²) in [6, 6.07) is 7.89. The van der Waals surface area contributed by atoms with Crippen molar-refractivity contribution in [3.63, 3.8) is 0 Å². The fourth-order valence-corrected chi connectivity index (χ4v) is 0.877. The largest absolute Gasteiger partial charge is 0.332 e. The summed E-state index contributed by atoms with van der Waals surface area (Å²) in [6.07, 6.45) is 0. The van der Waals surface area contributed by atoms with E-state index in [1.165, 1.54) is 5.56 Å². The highest BCUT2D eigenvalue weighted by Gasteiger charge is 1.96. The van der Waals surface area contributed by atoms with Crippen molar-refractivity contribution in [2.75, 3.05) is 0 Å². The zero-order valence-corrected chi connectivity index (χ0v) is 6.04. The smallest absolute Gasteiger partial charge is 0.0968 e. The van der Waals surface area contributed by atoms with Gasteiger partial charge in [-0.15, -0.1) is 0 Å². The molecule has 0 heterocycles. The Bertz CT molecular complexity index is 220. The molecular formula is C8H10BN. The number of aryl methyl sites for hydroxylation is 1. The van der Waals surface area contributed by atoms with Crippen LogP contribution in [0.5, 0.6) is 0 Å². The minimum absolute atomic E-state index is 0.347. The Morgan fingerprint density at radius 3 is 2.60 bits per heavy atom. The fraction of sp³-hybridized carbons (Fsp3) is 0.250. The molecule has 1 atom stereocenters. The summed E-state index contributed by atoms with van der Waals surface area (Å²) in [5, 5.41) is 0. The highest BCUT2D eigenvalue weighted by atomic mass is 14.6. The van der Waals surface area contributed by atoms with Gasteiger partial charge in [-0.05, 0) is 18.4 Å². The lowest BCUT2D eigenvalue weighted by molar-refractivity contribution is 1.01. The molecular weight excluding hydrogens is 121 g/mol. The molecule has 2 heteroatoms. The van der Waals surface area contributed by atoms with Gasteiger partial charge in [0.05, 0.1) is 7.85 Å². The van der Waals surface area contributed by atoms with Crippen LogP contribution in [-0.2, 0) is 0 Å². The molecule has 0 aliphatic rings. The maximum atomic E-state index is 5.46. The van der Waals surface area contributed by atoms with Crippen molar-refractivity contribution < 1.29 is 0 Å².